The molecule has 0 aromatic rings. The highest BCUT2D eigenvalue weighted by atomic mass is 32.1. The first-order valence-electron chi connectivity index (χ1n) is 5.61. The summed E-state index contributed by atoms with van der Waals surface area (Å²) >= 11 is 3.97. The molecule has 2 bridgehead atoms. The Kier molecular flexibility index (Phi) is 3.05. The number of rotatable bonds is 3. The number of fused-ring (bicyclic) bond motifs is 2. The smallest absolute Gasteiger partial charge is 0.229 e. The molecule has 0 aliphatic heterocycles. The van der Waals surface area contributed by atoms with Crippen LogP contribution in [0, 0.1) is 17.8 Å². The van der Waals surface area contributed by atoms with Gasteiger partial charge in [0.05, 0.1) is 5.75 Å². The predicted octanol–water partition coefficient (Wildman–Crippen LogP) is 1.86. The Labute approximate surface area is 91.2 Å². The van der Waals surface area contributed by atoms with E-state index in [1.54, 1.807) is 0 Å². The minimum Gasteiger partial charge on any atom is -0.353 e. The number of carbonyl (C=O) groups is 1. The van der Waals surface area contributed by atoms with Crippen LogP contribution in [0.3, 0.4) is 0 Å². The number of hydrogen-bond donors (Lipinski definition) is 2. The molecule has 1 N–H and O–H groups in total. The van der Waals surface area contributed by atoms with E-state index < -0.39 is 0 Å². The van der Waals surface area contributed by atoms with Crippen LogP contribution in [0.1, 0.15) is 32.6 Å². The second kappa shape index (κ2) is 4.13. The maximum Gasteiger partial charge on any atom is 0.229 e. The molecule has 0 radical (unpaired) electrons. The zero-order chi connectivity index (χ0) is 10.1. The summed E-state index contributed by atoms with van der Waals surface area (Å²) in [6.45, 7) is 2.15. The summed E-state index contributed by atoms with van der Waals surface area (Å²) < 4.78 is 0. The fraction of sp³-hybridized carbons (Fsp3) is 0.909. The quantitative estimate of drug-likeness (QED) is 0.688. The van der Waals surface area contributed by atoms with Gasteiger partial charge >= 0.3 is 0 Å². The van der Waals surface area contributed by atoms with E-state index in [2.05, 4.69) is 24.9 Å². The van der Waals surface area contributed by atoms with Crippen LogP contribution in [-0.4, -0.2) is 17.7 Å². The third kappa shape index (κ3) is 1.92. The molecular weight excluding hydrogens is 194 g/mol. The second-order valence-corrected chi connectivity index (χ2v) is 5.17. The highest BCUT2D eigenvalue weighted by Crippen LogP contribution is 2.49. The molecule has 4 unspecified atom stereocenters. The Morgan fingerprint density at radius 3 is 2.79 bits per heavy atom. The van der Waals surface area contributed by atoms with Crippen molar-refractivity contribution in [2.75, 3.05) is 5.75 Å². The molecule has 2 nitrogen and oxygen atoms in total. The molecule has 0 aromatic heterocycles. The van der Waals surface area contributed by atoms with Crippen molar-refractivity contribution in [3.05, 3.63) is 0 Å². The van der Waals surface area contributed by atoms with Crippen LogP contribution >= 0.6 is 12.6 Å². The SMILES string of the molecule is CC(NC(=O)CS)C1CC2CCC1C2. The van der Waals surface area contributed by atoms with Crippen molar-refractivity contribution >= 4 is 18.5 Å². The standard InChI is InChI=1S/C11H19NOS/c1-7(12-11(13)6-14)10-5-8-2-3-9(10)4-8/h7-10,14H,2-6H2,1H3,(H,12,13). The molecule has 0 saturated heterocycles. The van der Waals surface area contributed by atoms with Crippen LogP contribution in [0.5, 0.6) is 0 Å². The van der Waals surface area contributed by atoms with Gasteiger partial charge in [0.2, 0.25) is 5.91 Å². The van der Waals surface area contributed by atoms with Crippen LogP contribution < -0.4 is 5.32 Å². The van der Waals surface area contributed by atoms with Crippen LogP contribution in [0.4, 0.5) is 0 Å². The van der Waals surface area contributed by atoms with E-state index in [4.69, 9.17) is 0 Å². The zero-order valence-corrected chi connectivity index (χ0v) is 9.59. The summed E-state index contributed by atoms with van der Waals surface area (Å²) in [5, 5.41) is 3.04. The van der Waals surface area contributed by atoms with Crippen LogP contribution in [0.15, 0.2) is 0 Å². The van der Waals surface area contributed by atoms with Gasteiger partial charge in [-0.25, -0.2) is 0 Å². The van der Waals surface area contributed by atoms with Gasteiger partial charge in [0.25, 0.3) is 0 Å². The molecule has 2 aliphatic carbocycles. The topological polar surface area (TPSA) is 29.1 Å². The van der Waals surface area contributed by atoms with Gasteiger partial charge in [-0.1, -0.05) is 6.42 Å². The second-order valence-electron chi connectivity index (χ2n) is 4.85. The number of hydrogen-bond acceptors (Lipinski definition) is 2. The summed E-state index contributed by atoms with van der Waals surface area (Å²) in [4.78, 5) is 11.2. The lowest BCUT2D eigenvalue weighted by molar-refractivity contribution is -0.119. The molecule has 2 saturated carbocycles. The average Bonchev–Trinajstić information content (AvgIpc) is 2.78. The first-order valence-corrected chi connectivity index (χ1v) is 6.24. The first-order chi connectivity index (χ1) is 6.70. The van der Waals surface area contributed by atoms with Gasteiger partial charge < -0.3 is 5.32 Å². The number of amides is 1. The molecule has 0 heterocycles. The van der Waals surface area contributed by atoms with Crippen LogP contribution in [0.2, 0.25) is 0 Å². The van der Waals surface area contributed by atoms with E-state index in [1.165, 1.54) is 25.7 Å². The van der Waals surface area contributed by atoms with Gasteiger partial charge in [0.15, 0.2) is 0 Å². The third-order valence-electron chi connectivity index (χ3n) is 3.97. The fourth-order valence-corrected chi connectivity index (χ4v) is 3.40. The van der Waals surface area contributed by atoms with Crippen LogP contribution in [-0.2, 0) is 4.79 Å². The molecule has 80 valence electrons. The molecule has 2 fully saturated rings. The Morgan fingerprint density at radius 2 is 2.29 bits per heavy atom. The van der Waals surface area contributed by atoms with Crippen molar-refractivity contribution < 1.29 is 4.79 Å². The van der Waals surface area contributed by atoms with Crippen LogP contribution in [0.25, 0.3) is 0 Å². The van der Waals surface area contributed by atoms with Gasteiger partial charge in [-0.05, 0) is 43.9 Å². The van der Waals surface area contributed by atoms with Gasteiger partial charge in [-0.2, -0.15) is 12.6 Å². The summed E-state index contributed by atoms with van der Waals surface area (Å²) in [5.41, 5.74) is 0. The first kappa shape index (κ1) is 10.3. The zero-order valence-electron chi connectivity index (χ0n) is 8.70. The molecule has 14 heavy (non-hydrogen) atoms. The highest BCUT2D eigenvalue weighted by molar-refractivity contribution is 7.81. The molecular formula is C11H19NOS. The molecule has 2 aliphatic rings. The maximum atomic E-state index is 11.2. The average molecular weight is 213 g/mol. The number of thiol groups is 1. The largest absolute Gasteiger partial charge is 0.353 e. The Balaban J connectivity index is 1.86. The summed E-state index contributed by atoms with van der Waals surface area (Å²) in [7, 11) is 0. The van der Waals surface area contributed by atoms with E-state index in [-0.39, 0.29) is 5.91 Å². The third-order valence-corrected chi connectivity index (χ3v) is 4.25. The fourth-order valence-electron chi connectivity index (χ4n) is 3.31. The molecule has 1 amide bonds. The van der Waals surface area contributed by atoms with Gasteiger partial charge in [-0.15, -0.1) is 0 Å². The number of carbonyl (C=O) groups excluding carboxylic acids is 1. The van der Waals surface area contributed by atoms with Crippen molar-refractivity contribution in [1.82, 2.24) is 5.32 Å². The van der Waals surface area contributed by atoms with E-state index in [1.807, 2.05) is 0 Å². The summed E-state index contributed by atoms with van der Waals surface area (Å²) in [5.74, 6) is 2.96. The van der Waals surface area contributed by atoms with Crippen molar-refractivity contribution in [2.45, 2.75) is 38.6 Å². The van der Waals surface area contributed by atoms with Crippen molar-refractivity contribution in [1.29, 1.82) is 0 Å². The Hall–Kier alpha value is -0.180. The minimum absolute atomic E-state index is 0.0728. The van der Waals surface area contributed by atoms with Gasteiger partial charge in [0.1, 0.15) is 0 Å². The Bertz CT molecular complexity index is 231. The van der Waals surface area contributed by atoms with Crippen molar-refractivity contribution in [3.8, 4) is 0 Å². The molecule has 2 rings (SSSR count). The minimum atomic E-state index is 0.0728. The summed E-state index contributed by atoms with van der Waals surface area (Å²) in [6, 6.07) is 0.352. The monoisotopic (exact) mass is 213 g/mol. The normalized spacial score (nSPS) is 37.1. The number of nitrogens with one attached hydrogen (secondary N) is 1. The van der Waals surface area contributed by atoms with E-state index in [0.717, 1.165) is 17.8 Å². The lowest BCUT2D eigenvalue weighted by atomic mass is 9.84. The molecule has 3 heteroatoms. The lowest BCUT2D eigenvalue weighted by Gasteiger charge is -2.28. The molecule has 4 atom stereocenters. The lowest BCUT2D eigenvalue weighted by Crippen LogP contribution is -2.40. The van der Waals surface area contributed by atoms with Gasteiger partial charge in [0, 0.05) is 6.04 Å². The molecule has 0 aromatic carbocycles. The van der Waals surface area contributed by atoms with Crippen molar-refractivity contribution in [3.63, 3.8) is 0 Å². The molecule has 0 spiro atoms. The van der Waals surface area contributed by atoms with E-state index >= 15 is 0 Å². The maximum absolute atomic E-state index is 11.2. The van der Waals surface area contributed by atoms with E-state index in [0.29, 0.717) is 11.8 Å². The Morgan fingerprint density at radius 1 is 1.50 bits per heavy atom. The van der Waals surface area contributed by atoms with Crippen molar-refractivity contribution in [2.24, 2.45) is 17.8 Å². The highest BCUT2D eigenvalue weighted by Gasteiger charge is 2.41. The van der Waals surface area contributed by atoms with Gasteiger partial charge in [-0.3, -0.25) is 4.79 Å². The predicted molar refractivity (Wildman–Crippen MR) is 60.4 cm³/mol. The summed E-state index contributed by atoms with van der Waals surface area (Å²) in [6.07, 6.45) is 5.55. The van der Waals surface area contributed by atoms with E-state index in [9.17, 15) is 4.79 Å².